The number of nitrogens with zero attached hydrogens (tertiary/aromatic N) is 2. The molecule has 2 fully saturated rings. The fourth-order valence-corrected chi connectivity index (χ4v) is 4.25. The zero-order valence-electron chi connectivity index (χ0n) is 12.6. The van der Waals surface area contributed by atoms with Crippen molar-refractivity contribution in [3.8, 4) is 0 Å². The number of hydrogen-bond acceptors (Lipinski definition) is 3. The molecular formula is C18H23N3. The molecule has 0 amide bonds. The van der Waals surface area contributed by atoms with Gasteiger partial charge in [0.2, 0.25) is 0 Å². The van der Waals surface area contributed by atoms with Gasteiger partial charge < -0.3 is 10.6 Å². The third kappa shape index (κ3) is 2.20. The first kappa shape index (κ1) is 13.1. The second-order valence-electron chi connectivity index (χ2n) is 6.68. The number of aryl methyl sites for hydroxylation is 1. The van der Waals surface area contributed by atoms with Crippen molar-refractivity contribution in [3.05, 3.63) is 36.0 Å². The molecule has 1 aromatic heterocycles. The fourth-order valence-electron chi connectivity index (χ4n) is 4.25. The molecule has 1 aromatic carbocycles. The van der Waals surface area contributed by atoms with Crippen LogP contribution in [-0.2, 0) is 0 Å². The van der Waals surface area contributed by atoms with Crippen molar-refractivity contribution in [2.75, 3.05) is 4.90 Å². The molecule has 2 bridgehead atoms. The van der Waals surface area contributed by atoms with Gasteiger partial charge in [-0.1, -0.05) is 18.2 Å². The van der Waals surface area contributed by atoms with Crippen LogP contribution in [0.15, 0.2) is 30.3 Å². The van der Waals surface area contributed by atoms with E-state index in [9.17, 15) is 0 Å². The average Bonchev–Trinajstić information content (AvgIpc) is 2.46. The first-order valence-corrected chi connectivity index (χ1v) is 8.12. The lowest BCUT2D eigenvalue weighted by Gasteiger charge is -2.49. The second-order valence-corrected chi connectivity index (χ2v) is 6.68. The zero-order valence-corrected chi connectivity index (χ0v) is 12.6. The lowest BCUT2D eigenvalue weighted by atomic mass is 9.81. The number of para-hydroxylation sites is 1. The van der Waals surface area contributed by atoms with Gasteiger partial charge in [0.15, 0.2) is 0 Å². The number of aromatic nitrogens is 1. The number of nitrogens with two attached hydrogens (primary N) is 1. The van der Waals surface area contributed by atoms with Crippen molar-refractivity contribution in [2.45, 2.75) is 57.2 Å². The Bertz CT molecular complexity index is 653. The minimum absolute atomic E-state index is 0.376. The van der Waals surface area contributed by atoms with E-state index >= 15 is 0 Å². The van der Waals surface area contributed by atoms with Gasteiger partial charge in [-0.15, -0.1) is 0 Å². The Kier molecular flexibility index (Phi) is 3.11. The summed E-state index contributed by atoms with van der Waals surface area (Å²) < 4.78 is 0. The fraction of sp³-hybridized carbons (Fsp3) is 0.500. The van der Waals surface area contributed by atoms with Crippen molar-refractivity contribution in [2.24, 2.45) is 5.73 Å². The number of hydrogen-bond donors (Lipinski definition) is 1. The highest BCUT2D eigenvalue weighted by Gasteiger charge is 2.37. The third-order valence-corrected chi connectivity index (χ3v) is 5.13. The first-order chi connectivity index (χ1) is 10.2. The van der Waals surface area contributed by atoms with Gasteiger partial charge in [0.1, 0.15) is 0 Å². The van der Waals surface area contributed by atoms with E-state index in [1.54, 1.807) is 0 Å². The topological polar surface area (TPSA) is 42.1 Å². The van der Waals surface area contributed by atoms with E-state index in [0.29, 0.717) is 18.1 Å². The highest BCUT2D eigenvalue weighted by atomic mass is 15.2. The van der Waals surface area contributed by atoms with E-state index in [-0.39, 0.29) is 0 Å². The molecule has 2 N–H and O–H groups in total. The normalized spacial score (nSPS) is 28.9. The van der Waals surface area contributed by atoms with Gasteiger partial charge >= 0.3 is 0 Å². The molecule has 2 aromatic rings. The Morgan fingerprint density at radius 3 is 2.62 bits per heavy atom. The Balaban J connectivity index is 1.84. The number of rotatable bonds is 1. The smallest absolute Gasteiger partial charge is 0.0938 e. The van der Waals surface area contributed by atoms with E-state index in [1.807, 2.05) is 0 Å². The van der Waals surface area contributed by atoms with E-state index in [1.165, 1.54) is 30.3 Å². The number of piperidine rings is 2. The average molecular weight is 281 g/mol. The SMILES string of the molecule is Cc1ccc2cccc(N3C4CCCC3CC(N)C4)c2n1. The van der Waals surface area contributed by atoms with Crippen LogP contribution in [0.3, 0.4) is 0 Å². The van der Waals surface area contributed by atoms with E-state index in [2.05, 4.69) is 42.2 Å². The predicted molar refractivity (Wildman–Crippen MR) is 87.6 cm³/mol. The van der Waals surface area contributed by atoms with Crippen molar-refractivity contribution in [3.63, 3.8) is 0 Å². The maximum atomic E-state index is 6.26. The summed E-state index contributed by atoms with van der Waals surface area (Å²) in [5, 5.41) is 1.24. The summed E-state index contributed by atoms with van der Waals surface area (Å²) in [5.74, 6) is 0. The Labute approximate surface area is 126 Å². The maximum absolute atomic E-state index is 6.26. The lowest BCUT2D eigenvalue weighted by molar-refractivity contribution is 0.272. The molecule has 0 saturated carbocycles. The van der Waals surface area contributed by atoms with Crippen LogP contribution >= 0.6 is 0 Å². The monoisotopic (exact) mass is 281 g/mol. The van der Waals surface area contributed by atoms with Crippen LogP contribution < -0.4 is 10.6 Å². The molecule has 2 aliphatic rings. The molecule has 0 spiro atoms. The molecule has 3 heterocycles. The molecule has 2 saturated heterocycles. The standard InChI is InChI=1S/C18H23N3/c1-12-8-9-13-4-2-7-17(18(13)20-12)21-15-5-3-6-16(21)11-14(19)10-15/h2,4,7-9,14-16H,3,5-6,10-11,19H2,1H3. The van der Waals surface area contributed by atoms with Crippen molar-refractivity contribution >= 4 is 16.6 Å². The highest BCUT2D eigenvalue weighted by molar-refractivity contribution is 5.91. The molecule has 3 nitrogen and oxygen atoms in total. The Morgan fingerprint density at radius 1 is 1.10 bits per heavy atom. The largest absolute Gasteiger partial charge is 0.364 e. The third-order valence-electron chi connectivity index (χ3n) is 5.13. The van der Waals surface area contributed by atoms with Gasteiger partial charge in [0.25, 0.3) is 0 Å². The minimum atomic E-state index is 0.376. The predicted octanol–water partition coefficient (Wildman–Crippen LogP) is 3.39. The van der Waals surface area contributed by atoms with Crippen LogP contribution in [0.5, 0.6) is 0 Å². The van der Waals surface area contributed by atoms with Crippen LogP contribution in [0.25, 0.3) is 10.9 Å². The van der Waals surface area contributed by atoms with Crippen LogP contribution in [0.2, 0.25) is 0 Å². The molecule has 0 radical (unpaired) electrons. The quantitative estimate of drug-likeness (QED) is 0.871. The molecule has 4 rings (SSSR count). The van der Waals surface area contributed by atoms with E-state index in [0.717, 1.165) is 24.1 Å². The van der Waals surface area contributed by atoms with Gasteiger partial charge in [-0.05, 0) is 51.2 Å². The van der Waals surface area contributed by atoms with Gasteiger partial charge in [0, 0.05) is 29.2 Å². The number of pyridine rings is 1. The van der Waals surface area contributed by atoms with Crippen LogP contribution in [-0.4, -0.2) is 23.1 Å². The number of fused-ring (bicyclic) bond motifs is 3. The molecule has 0 aliphatic carbocycles. The van der Waals surface area contributed by atoms with Crippen molar-refractivity contribution < 1.29 is 0 Å². The molecule has 21 heavy (non-hydrogen) atoms. The molecule has 2 atom stereocenters. The van der Waals surface area contributed by atoms with Crippen LogP contribution in [0, 0.1) is 6.92 Å². The molecular weight excluding hydrogens is 258 g/mol. The number of anilines is 1. The first-order valence-electron chi connectivity index (χ1n) is 8.12. The zero-order chi connectivity index (χ0) is 14.4. The molecule has 110 valence electrons. The minimum Gasteiger partial charge on any atom is -0.364 e. The molecule has 2 aliphatic heterocycles. The van der Waals surface area contributed by atoms with Crippen molar-refractivity contribution in [1.82, 2.24) is 4.98 Å². The van der Waals surface area contributed by atoms with Gasteiger partial charge in [0.05, 0.1) is 11.2 Å². The van der Waals surface area contributed by atoms with Gasteiger partial charge in [-0.25, -0.2) is 0 Å². The highest BCUT2D eigenvalue weighted by Crippen LogP contribution is 2.39. The van der Waals surface area contributed by atoms with E-state index < -0.39 is 0 Å². The maximum Gasteiger partial charge on any atom is 0.0938 e. The summed E-state index contributed by atoms with van der Waals surface area (Å²) in [7, 11) is 0. The summed E-state index contributed by atoms with van der Waals surface area (Å²) in [4.78, 5) is 7.46. The lowest BCUT2D eigenvalue weighted by Crippen LogP contribution is -2.55. The van der Waals surface area contributed by atoms with E-state index in [4.69, 9.17) is 10.7 Å². The van der Waals surface area contributed by atoms with Crippen molar-refractivity contribution in [1.29, 1.82) is 0 Å². The molecule has 3 heteroatoms. The molecule has 2 unspecified atom stereocenters. The van der Waals surface area contributed by atoms with Crippen LogP contribution in [0.1, 0.15) is 37.8 Å². The second kappa shape index (κ2) is 4.99. The summed E-state index contributed by atoms with van der Waals surface area (Å²) in [6, 6.07) is 12.4. The van der Waals surface area contributed by atoms with Gasteiger partial charge in [-0.3, -0.25) is 4.98 Å². The Morgan fingerprint density at radius 2 is 1.86 bits per heavy atom. The summed E-state index contributed by atoms with van der Waals surface area (Å²) in [6.07, 6.45) is 6.13. The van der Waals surface area contributed by atoms with Crippen LogP contribution in [0.4, 0.5) is 5.69 Å². The summed E-state index contributed by atoms with van der Waals surface area (Å²) in [6.45, 7) is 2.07. The summed E-state index contributed by atoms with van der Waals surface area (Å²) in [5.41, 5.74) is 9.83. The Hall–Kier alpha value is -1.61. The summed E-state index contributed by atoms with van der Waals surface area (Å²) >= 11 is 0. The van der Waals surface area contributed by atoms with Gasteiger partial charge in [-0.2, -0.15) is 0 Å². The number of benzene rings is 1.